The van der Waals surface area contributed by atoms with Gasteiger partial charge in [-0.1, -0.05) is 18.2 Å². The van der Waals surface area contributed by atoms with Crippen molar-refractivity contribution in [3.8, 4) is 17.3 Å². The van der Waals surface area contributed by atoms with Gasteiger partial charge in [0.2, 0.25) is 0 Å². The standard InChI is InChI=1S/C22H17FN4O3/c1-27-20(17-4-2-3-11-24-17)26-16-10-9-15(19(28)18(16)22(27)30)21(29)25-12-13-5-7-14(23)8-6-13/h2-11,28H,12H2,1H3,(H,25,29). The number of benzene rings is 2. The molecule has 7 nitrogen and oxygen atoms in total. The topological polar surface area (TPSA) is 97.1 Å². The molecule has 1 amide bonds. The van der Waals surface area contributed by atoms with Crippen molar-refractivity contribution in [1.82, 2.24) is 19.9 Å². The Kier molecular flexibility index (Phi) is 4.97. The van der Waals surface area contributed by atoms with E-state index in [1.165, 1.54) is 35.9 Å². The molecule has 0 unspecified atom stereocenters. The van der Waals surface area contributed by atoms with Gasteiger partial charge in [-0.25, -0.2) is 9.37 Å². The molecular weight excluding hydrogens is 387 g/mol. The van der Waals surface area contributed by atoms with Crippen LogP contribution in [0.3, 0.4) is 0 Å². The van der Waals surface area contributed by atoms with Crippen molar-refractivity contribution in [2.45, 2.75) is 6.54 Å². The molecule has 4 rings (SSSR count). The van der Waals surface area contributed by atoms with Crippen molar-refractivity contribution in [2.24, 2.45) is 7.05 Å². The van der Waals surface area contributed by atoms with E-state index in [-0.39, 0.29) is 28.8 Å². The number of nitrogens with one attached hydrogen (secondary N) is 1. The molecule has 0 atom stereocenters. The third-order valence-corrected chi connectivity index (χ3v) is 4.72. The lowest BCUT2D eigenvalue weighted by atomic mass is 10.1. The molecule has 0 saturated heterocycles. The Hall–Kier alpha value is -4.07. The fourth-order valence-electron chi connectivity index (χ4n) is 3.12. The van der Waals surface area contributed by atoms with Gasteiger partial charge in [0.05, 0.1) is 11.1 Å². The van der Waals surface area contributed by atoms with Crippen LogP contribution in [0.15, 0.2) is 65.6 Å². The number of carbonyl (C=O) groups excluding carboxylic acids is 1. The fraction of sp³-hybridized carbons (Fsp3) is 0.0909. The molecule has 2 aromatic heterocycles. The molecule has 30 heavy (non-hydrogen) atoms. The molecule has 2 N–H and O–H groups in total. The van der Waals surface area contributed by atoms with Gasteiger partial charge in [0.1, 0.15) is 22.6 Å². The van der Waals surface area contributed by atoms with Crippen molar-refractivity contribution >= 4 is 16.8 Å². The minimum Gasteiger partial charge on any atom is -0.506 e. The van der Waals surface area contributed by atoms with Gasteiger partial charge in [0.25, 0.3) is 11.5 Å². The lowest BCUT2D eigenvalue weighted by Crippen LogP contribution is -2.24. The summed E-state index contributed by atoms with van der Waals surface area (Å²) < 4.78 is 14.3. The van der Waals surface area contributed by atoms with Gasteiger partial charge >= 0.3 is 0 Å². The molecule has 150 valence electrons. The second kappa shape index (κ2) is 7.75. The molecule has 0 saturated carbocycles. The number of fused-ring (bicyclic) bond motifs is 1. The highest BCUT2D eigenvalue weighted by atomic mass is 19.1. The molecule has 8 heteroatoms. The summed E-state index contributed by atoms with van der Waals surface area (Å²) in [6.45, 7) is 0.144. The van der Waals surface area contributed by atoms with Gasteiger partial charge in [0.15, 0.2) is 5.82 Å². The maximum atomic E-state index is 13.0. The van der Waals surface area contributed by atoms with Crippen LogP contribution in [0.25, 0.3) is 22.4 Å². The summed E-state index contributed by atoms with van der Waals surface area (Å²) in [4.78, 5) is 34.1. The van der Waals surface area contributed by atoms with Gasteiger partial charge < -0.3 is 10.4 Å². The summed E-state index contributed by atoms with van der Waals surface area (Å²) in [5, 5.41) is 13.2. The van der Waals surface area contributed by atoms with E-state index >= 15 is 0 Å². The summed E-state index contributed by atoms with van der Waals surface area (Å²) >= 11 is 0. The Labute approximate surface area is 170 Å². The van der Waals surface area contributed by atoms with Crippen LogP contribution in [-0.4, -0.2) is 25.5 Å². The van der Waals surface area contributed by atoms with E-state index in [0.29, 0.717) is 17.1 Å². The second-order valence-corrected chi connectivity index (χ2v) is 6.68. The third-order valence-electron chi connectivity index (χ3n) is 4.72. The Morgan fingerprint density at radius 2 is 1.90 bits per heavy atom. The minimum atomic E-state index is -0.561. The highest BCUT2D eigenvalue weighted by Crippen LogP contribution is 2.26. The maximum absolute atomic E-state index is 13.0. The number of nitrogens with zero attached hydrogens (tertiary/aromatic N) is 3. The monoisotopic (exact) mass is 404 g/mol. The molecule has 0 radical (unpaired) electrons. The van der Waals surface area contributed by atoms with Crippen LogP contribution < -0.4 is 10.9 Å². The largest absolute Gasteiger partial charge is 0.506 e. The Balaban J connectivity index is 1.70. The summed E-state index contributed by atoms with van der Waals surface area (Å²) in [6, 6.07) is 13.9. The molecule has 0 fully saturated rings. The summed E-state index contributed by atoms with van der Waals surface area (Å²) in [5.41, 5.74) is 0.925. The first kappa shape index (κ1) is 19.3. The minimum absolute atomic E-state index is 0.0471. The van der Waals surface area contributed by atoms with Gasteiger partial charge in [0, 0.05) is 19.8 Å². The van der Waals surface area contributed by atoms with Gasteiger partial charge in [-0.2, -0.15) is 0 Å². The van der Waals surface area contributed by atoms with E-state index < -0.39 is 17.2 Å². The van der Waals surface area contributed by atoms with E-state index in [1.54, 1.807) is 36.5 Å². The number of hydrogen-bond donors (Lipinski definition) is 2. The van der Waals surface area contributed by atoms with E-state index in [9.17, 15) is 19.1 Å². The molecule has 0 bridgehead atoms. The average molecular weight is 404 g/mol. The van der Waals surface area contributed by atoms with Crippen LogP contribution in [0.2, 0.25) is 0 Å². The Morgan fingerprint density at radius 1 is 1.13 bits per heavy atom. The van der Waals surface area contributed by atoms with Crippen molar-refractivity contribution in [3.05, 3.63) is 88.1 Å². The predicted molar refractivity (Wildman–Crippen MR) is 109 cm³/mol. The zero-order valence-electron chi connectivity index (χ0n) is 16.0. The van der Waals surface area contributed by atoms with E-state index in [2.05, 4.69) is 15.3 Å². The lowest BCUT2D eigenvalue weighted by molar-refractivity contribution is 0.0948. The summed E-state index contributed by atoms with van der Waals surface area (Å²) in [5.74, 6) is -1.02. The second-order valence-electron chi connectivity index (χ2n) is 6.68. The quantitative estimate of drug-likeness (QED) is 0.545. The van der Waals surface area contributed by atoms with E-state index in [0.717, 1.165) is 0 Å². The van der Waals surface area contributed by atoms with Crippen LogP contribution in [-0.2, 0) is 13.6 Å². The number of rotatable bonds is 4. The molecule has 0 aliphatic rings. The van der Waals surface area contributed by atoms with Gasteiger partial charge in [-0.3, -0.25) is 19.1 Å². The van der Waals surface area contributed by atoms with Crippen LogP contribution in [0.1, 0.15) is 15.9 Å². The lowest BCUT2D eigenvalue weighted by Gasteiger charge is -2.12. The number of phenols is 1. The first-order valence-corrected chi connectivity index (χ1v) is 9.12. The third kappa shape index (κ3) is 3.50. The number of aromatic nitrogens is 3. The van der Waals surface area contributed by atoms with Crippen molar-refractivity contribution < 1.29 is 14.3 Å². The van der Waals surface area contributed by atoms with Crippen LogP contribution in [0.4, 0.5) is 4.39 Å². The van der Waals surface area contributed by atoms with Gasteiger partial charge in [-0.05, 0) is 42.0 Å². The number of amides is 1. The van der Waals surface area contributed by atoms with Crippen molar-refractivity contribution in [3.63, 3.8) is 0 Å². The Bertz CT molecular complexity index is 1300. The van der Waals surface area contributed by atoms with E-state index in [1.807, 2.05) is 0 Å². The first-order chi connectivity index (χ1) is 14.5. The number of aromatic hydroxyl groups is 1. The number of halogens is 1. The fourth-order valence-corrected chi connectivity index (χ4v) is 3.12. The molecule has 2 aromatic carbocycles. The highest BCUT2D eigenvalue weighted by Gasteiger charge is 2.19. The SMILES string of the molecule is Cn1c(-c2ccccn2)nc2ccc(C(=O)NCc3ccc(F)cc3)c(O)c2c1=O. The van der Waals surface area contributed by atoms with E-state index in [4.69, 9.17) is 0 Å². The first-order valence-electron chi connectivity index (χ1n) is 9.12. The molecule has 2 heterocycles. The average Bonchev–Trinajstić information content (AvgIpc) is 2.76. The van der Waals surface area contributed by atoms with Crippen molar-refractivity contribution in [1.29, 1.82) is 0 Å². The van der Waals surface area contributed by atoms with Crippen LogP contribution >= 0.6 is 0 Å². The molecule has 0 spiro atoms. The van der Waals surface area contributed by atoms with Crippen molar-refractivity contribution in [2.75, 3.05) is 0 Å². The number of carbonyl (C=O) groups is 1. The Morgan fingerprint density at radius 3 is 2.60 bits per heavy atom. The molecule has 4 aromatic rings. The van der Waals surface area contributed by atoms with Crippen LogP contribution in [0, 0.1) is 5.82 Å². The summed E-state index contributed by atoms with van der Waals surface area (Å²) in [6.07, 6.45) is 1.59. The van der Waals surface area contributed by atoms with Crippen LogP contribution in [0.5, 0.6) is 5.75 Å². The number of phenolic OH excluding ortho intramolecular Hbond substituents is 1. The number of hydrogen-bond acceptors (Lipinski definition) is 5. The summed E-state index contributed by atoms with van der Waals surface area (Å²) in [7, 11) is 1.53. The zero-order valence-corrected chi connectivity index (χ0v) is 16.0. The van der Waals surface area contributed by atoms with Gasteiger partial charge in [-0.15, -0.1) is 0 Å². The molecular formula is C22H17FN4O3. The normalized spacial score (nSPS) is 10.9. The number of pyridine rings is 1. The highest BCUT2D eigenvalue weighted by molar-refractivity contribution is 6.02. The predicted octanol–water partition coefficient (Wildman–Crippen LogP) is 2.77. The smallest absolute Gasteiger partial charge is 0.265 e. The molecule has 0 aliphatic heterocycles. The zero-order chi connectivity index (χ0) is 21.3. The molecule has 0 aliphatic carbocycles. The maximum Gasteiger partial charge on any atom is 0.265 e.